The molecule has 0 radical (unpaired) electrons. The van der Waals surface area contributed by atoms with Gasteiger partial charge in [-0.15, -0.1) is 0 Å². The van der Waals surface area contributed by atoms with Gasteiger partial charge in [-0.2, -0.15) is 4.31 Å². The van der Waals surface area contributed by atoms with Crippen LogP contribution in [0.15, 0.2) is 53.4 Å². The van der Waals surface area contributed by atoms with Crippen molar-refractivity contribution < 1.29 is 8.42 Å². The molecular weight excluding hydrogens is 356 g/mol. The van der Waals surface area contributed by atoms with Gasteiger partial charge < -0.3 is 5.32 Å². The normalized spacial score (nSPS) is 15.3. The first-order chi connectivity index (χ1) is 13.1. The van der Waals surface area contributed by atoms with Gasteiger partial charge in [-0.25, -0.2) is 8.42 Å². The number of unbranched alkanes of at least 4 members (excludes halogenated alkanes) is 1. The molecule has 1 heterocycles. The summed E-state index contributed by atoms with van der Waals surface area (Å²) in [4.78, 5) is 0.392. The zero-order chi connectivity index (χ0) is 19.1. The van der Waals surface area contributed by atoms with E-state index in [0.29, 0.717) is 18.0 Å². The molecule has 1 fully saturated rings. The van der Waals surface area contributed by atoms with Gasteiger partial charge in [-0.05, 0) is 67.6 Å². The van der Waals surface area contributed by atoms with Crippen LogP contribution in [0, 0.1) is 0 Å². The van der Waals surface area contributed by atoms with Crippen LogP contribution in [0.3, 0.4) is 0 Å². The molecule has 2 aromatic carbocycles. The standard InChI is InChI=1S/C22H30N2O2S/c1-2-3-15-23-16-14-19-6-8-20(9-7-19)21-10-12-22(13-11-21)27(25,26)24-17-4-5-18-24/h6-13,23H,2-5,14-18H2,1H3. The molecule has 0 aromatic heterocycles. The monoisotopic (exact) mass is 386 g/mol. The minimum Gasteiger partial charge on any atom is -0.316 e. The van der Waals surface area contributed by atoms with E-state index in [0.717, 1.165) is 43.5 Å². The summed E-state index contributed by atoms with van der Waals surface area (Å²) < 4.78 is 26.8. The SMILES string of the molecule is CCCCNCCc1ccc(-c2ccc(S(=O)(=O)N3CCCC3)cc2)cc1. The first-order valence-corrected chi connectivity index (χ1v) is 11.5. The highest BCUT2D eigenvalue weighted by Gasteiger charge is 2.26. The third kappa shape index (κ3) is 5.18. The minimum absolute atomic E-state index is 0.392. The van der Waals surface area contributed by atoms with Crippen LogP contribution in [0.2, 0.25) is 0 Å². The highest BCUT2D eigenvalue weighted by molar-refractivity contribution is 7.89. The lowest BCUT2D eigenvalue weighted by atomic mass is 10.0. The van der Waals surface area contributed by atoms with Gasteiger partial charge in [0.05, 0.1) is 4.90 Å². The second-order valence-electron chi connectivity index (χ2n) is 7.19. The molecule has 146 valence electrons. The van der Waals surface area contributed by atoms with Crippen molar-refractivity contribution in [1.29, 1.82) is 0 Å². The summed E-state index contributed by atoms with van der Waals surface area (Å²) >= 11 is 0. The Kier molecular flexibility index (Phi) is 7.05. The van der Waals surface area contributed by atoms with Gasteiger partial charge in [0, 0.05) is 13.1 Å². The van der Waals surface area contributed by atoms with Crippen LogP contribution < -0.4 is 5.32 Å². The van der Waals surface area contributed by atoms with E-state index in [9.17, 15) is 8.42 Å². The van der Waals surface area contributed by atoms with Crippen LogP contribution in [0.25, 0.3) is 11.1 Å². The second-order valence-corrected chi connectivity index (χ2v) is 9.12. The van der Waals surface area contributed by atoms with Gasteiger partial charge in [0.2, 0.25) is 10.0 Å². The highest BCUT2D eigenvalue weighted by atomic mass is 32.2. The molecule has 0 amide bonds. The van der Waals surface area contributed by atoms with E-state index in [4.69, 9.17) is 0 Å². The van der Waals surface area contributed by atoms with Gasteiger partial charge >= 0.3 is 0 Å². The maximum absolute atomic E-state index is 12.6. The molecule has 2 aromatic rings. The zero-order valence-electron chi connectivity index (χ0n) is 16.2. The first-order valence-electron chi connectivity index (χ1n) is 10.0. The quantitative estimate of drug-likeness (QED) is 0.661. The van der Waals surface area contributed by atoms with Crippen molar-refractivity contribution in [2.75, 3.05) is 26.2 Å². The molecule has 5 heteroatoms. The van der Waals surface area contributed by atoms with Gasteiger partial charge in [0.25, 0.3) is 0 Å². The van der Waals surface area contributed by atoms with Crippen molar-refractivity contribution in [3.8, 4) is 11.1 Å². The van der Waals surface area contributed by atoms with Gasteiger partial charge in [0.15, 0.2) is 0 Å². The van der Waals surface area contributed by atoms with E-state index in [1.54, 1.807) is 16.4 Å². The lowest BCUT2D eigenvalue weighted by molar-refractivity contribution is 0.477. The van der Waals surface area contributed by atoms with Crippen LogP contribution in [0.1, 0.15) is 38.2 Å². The summed E-state index contributed by atoms with van der Waals surface area (Å²) in [6.07, 6.45) is 5.38. The third-order valence-corrected chi connectivity index (χ3v) is 7.05. The van der Waals surface area contributed by atoms with Crippen LogP contribution in [-0.4, -0.2) is 38.9 Å². The van der Waals surface area contributed by atoms with Crippen molar-refractivity contribution in [1.82, 2.24) is 9.62 Å². The number of hydrogen-bond acceptors (Lipinski definition) is 3. The predicted molar refractivity (Wildman–Crippen MR) is 111 cm³/mol. The minimum atomic E-state index is -3.34. The Morgan fingerprint density at radius 3 is 2.07 bits per heavy atom. The highest BCUT2D eigenvalue weighted by Crippen LogP contribution is 2.25. The average Bonchev–Trinajstić information content (AvgIpc) is 3.24. The van der Waals surface area contributed by atoms with Crippen LogP contribution in [0.4, 0.5) is 0 Å². The molecule has 1 N–H and O–H groups in total. The van der Waals surface area contributed by atoms with Crippen molar-refractivity contribution in [2.24, 2.45) is 0 Å². The van der Waals surface area contributed by atoms with Crippen LogP contribution in [-0.2, 0) is 16.4 Å². The largest absolute Gasteiger partial charge is 0.316 e. The first kappa shape index (κ1) is 20.1. The fourth-order valence-corrected chi connectivity index (χ4v) is 4.94. The summed E-state index contributed by atoms with van der Waals surface area (Å²) in [6, 6.07) is 15.8. The van der Waals surface area contributed by atoms with Gasteiger partial charge in [-0.3, -0.25) is 0 Å². The van der Waals surface area contributed by atoms with E-state index < -0.39 is 10.0 Å². The molecule has 0 spiro atoms. The molecule has 27 heavy (non-hydrogen) atoms. The van der Waals surface area contributed by atoms with E-state index in [1.165, 1.54) is 18.4 Å². The molecule has 3 rings (SSSR count). The molecule has 4 nitrogen and oxygen atoms in total. The number of nitrogens with one attached hydrogen (secondary N) is 1. The number of benzene rings is 2. The van der Waals surface area contributed by atoms with E-state index >= 15 is 0 Å². The molecule has 0 aliphatic carbocycles. The molecule has 0 bridgehead atoms. The zero-order valence-corrected chi connectivity index (χ0v) is 17.0. The Morgan fingerprint density at radius 1 is 0.889 bits per heavy atom. The van der Waals surface area contributed by atoms with Gasteiger partial charge in [-0.1, -0.05) is 49.7 Å². The summed E-state index contributed by atoms with van der Waals surface area (Å²) in [5.74, 6) is 0. The molecule has 0 saturated carbocycles. The van der Waals surface area contributed by atoms with Crippen molar-refractivity contribution in [2.45, 2.75) is 43.9 Å². The maximum Gasteiger partial charge on any atom is 0.243 e. The summed E-state index contributed by atoms with van der Waals surface area (Å²) in [5, 5.41) is 3.46. The Hall–Kier alpha value is -1.69. The Morgan fingerprint density at radius 2 is 1.48 bits per heavy atom. The third-order valence-electron chi connectivity index (χ3n) is 5.14. The van der Waals surface area contributed by atoms with Crippen molar-refractivity contribution >= 4 is 10.0 Å². The van der Waals surface area contributed by atoms with Gasteiger partial charge in [0.1, 0.15) is 0 Å². The lowest BCUT2D eigenvalue weighted by Crippen LogP contribution is -2.27. The Labute approximate surface area is 163 Å². The van der Waals surface area contributed by atoms with E-state index in [2.05, 4.69) is 36.5 Å². The maximum atomic E-state index is 12.6. The fraction of sp³-hybridized carbons (Fsp3) is 0.455. The second kappa shape index (κ2) is 9.49. The average molecular weight is 387 g/mol. The molecule has 1 saturated heterocycles. The molecular formula is C22H30N2O2S. The number of hydrogen-bond donors (Lipinski definition) is 1. The Bertz CT molecular complexity index is 808. The number of nitrogens with zero attached hydrogens (tertiary/aromatic N) is 1. The molecule has 0 atom stereocenters. The Balaban J connectivity index is 1.61. The van der Waals surface area contributed by atoms with Crippen LogP contribution in [0.5, 0.6) is 0 Å². The smallest absolute Gasteiger partial charge is 0.243 e. The number of rotatable bonds is 9. The van der Waals surface area contributed by atoms with Crippen molar-refractivity contribution in [3.63, 3.8) is 0 Å². The lowest BCUT2D eigenvalue weighted by Gasteiger charge is -2.15. The molecule has 1 aliphatic rings. The predicted octanol–water partition coefficient (Wildman–Crippen LogP) is 4.07. The molecule has 1 aliphatic heterocycles. The van der Waals surface area contributed by atoms with E-state index in [1.807, 2.05) is 12.1 Å². The van der Waals surface area contributed by atoms with Crippen molar-refractivity contribution in [3.05, 3.63) is 54.1 Å². The number of sulfonamides is 1. The fourth-order valence-electron chi connectivity index (χ4n) is 3.42. The summed E-state index contributed by atoms with van der Waals surface area (Å²) in [6.45, 7) is 5.57. The molecule has 0 unspecified atom stereocenters. The summed E-state index contributed by atoms with van der Waals surface area (Å²) in [5.41, 5.74) is 3.47. The topological polar surface area (TPSA) is 49.4 Å². The van der Waals surface area contributed by atoms with Crippen LogP contribution >= 0.6 is 0 Å². The summed E-state index contributed by atoms with van der Waals surface area (Å²) in [7, 11) is -3.34. The van der Waals surface area contributed by atoms with E-state index in [-0.39, 0.29) is 0 Å².